The molecule has 0 amide bonds. The Kier molecular flexibility index (Phi) is 9.87. The fraction of sp³-hybridized carbons (Fsp3) is 0.0938. The predicted octanol–water partition coefficient (Wildman–Crippen LogP) is 19.0. The van der Waals surface area contributed by atoms with Crippen LogP contribution in [0.1, 0.15) is 50.7 Å². The molecule has 1 aromatic heterocycles. The molecule has 0 aliphatic rings. The quantitative estimate of drug-likeness (QED) is 0.128. The van der Waals surface area contributed by atoms with Gasteiger partial charge >= 0.3 is 0 Å². The van der Waals surface area contributed by atoms with Crippen molar-refractivity contribution in [2.45, 2.75) is 39.5 Å². The molecule has 0 saturated carbocycles. The summed E-state index contributed by atoms with van der Waals surface area (Å²) in [6.07, 6.45) is 0. The van der Waals surface area contributed by atoms with Crippen LogP contribution in [0.5, 0.6) is 0 Å². The van der Waals surface area contributed by atoms with Crippen molar-refractivity contribution in [2.24, 2.45) is 0 Å². The lowest BCUT2D eigenvalue weighted by atomic mass is 9.84. The smallest absolute Gasteiger partial charge is 0.159 e. The summed E-state index contributed by atoms with van der Waals surface area (Å²) < 4.78 is 6.92. The summed E-state index contributed by atoms with van der Waals surface area (Å²) in [6.45, 7) is 9.34. The molecule has 0 aliphatic carbocycles. The first-order chi connectivity index (χ1) is 32.9. The average molecular weight is 863 g/mol. The van der Waals surface area contributed by atoms with Gasteiger partial charge in [0, 0.05) is 38.4 Å². The number of rotatable bonds is 10. The molecule has 12 aromatic rings. The van der Waals surface area contributed by atoms with Gasteiger partial charge in [0.1, 0.15) is 5.58 Å². The zero-order valence-corrected chi connectivity index (χ0v) is 38.2. The highest BCUT2D eigenvalue weighted by molar-refractivity contribution is 6.30. The van der Waals surface area contributed by atoms with Gasteiger partial charge < -0.3 is 14.2 Å². The van der Waals surface area contributed by atoms with Gasteiger partial charge in [0.15, 0.2) is 5.58 Å². The summed E-state index contributed by atoms with van der Waals surface area (Å²) in [5.41, 5.74) is 15.7. The molecule has 0 saturated heterocycles. The Labute approximate surface area is 392 Å². The third-order valence-electron chi connectivity index (χ3n) is 13.7. The van der Waals surface area contributed by atoms with Gasteiger partial charge in [0.05, 0.1) is 28.4 Å². The summed E-state index contributed by atoms with van der Waals surface area (Å²) in [4.78, 5) is 4.98. The van der Waals surface area contributed by atoms with E-state index in [1.165, 1.54) is 54.6 Å². The van der Waals surface area contributed by atoms with Crippen molar-refractivity contribution in [1.29, 1.82) is 0 Å². The monoisotopic (exact) mass is 862 g/mol. The summed E-state index contributed by atoms with van der Waals surface area (Å²) in [6, 6.07) is 79.7. The Morgan fingerprint density at radius 2 is 0.761 bits per heavy atom. The number of anilines is 6. The van der Waals surface area contributed by atoms with Gasteiger partial charge in [-0.3, -0.25) is 0 Å². The molecule has 322 valence electrons. The Bertz CT molecular complexity index is 3760. The van der Waals surface area contributed by atoms with Gasteiger partial charge in [0.25, 0.3) is 0 Å². The fourth-order valence-electron chi connectivity index (χ4n) is 10.7. The molecule has 0 N–H and O–H groups in total. The van der Waals surface area contributed by atoms with E-state index < -0.39 is 0 Å². The second-order valence-electron chi connectivity index (χ2n) is 18.4. The minimum atomic E-state index is 0.235. The Balaban J connectivity index is 1.22. The second kappa shape index (κ2) is 16.4. The molecule has 0 atom stereocenters. The van der Waals surface area contributed by atoms with Crippen LogP contribution >= 0.6 is 0 Å². The summed E-state index contributed by atoms with van der Waals surface area (Å²) in [5, 5.41) is 9.76. The normalized spacial score (nSPS) is 11.9. The van der Waals surface area contributed by atoms with Crippen LogP contribution in [0, 0.1) is 0 Å². The maximum absolute atomic E-state index is 6.92. The van der Waals surface area contributed by atoms with Crippen LogP contribution in [-0.4, -0.2) is 0 Å². The first-order valence-electron chi connectivity index (χ1n) is 23.6. The van der Waals surface area contributed by atoms with Crippen molar-refractivity contribution in [3.63, 3.8) is 0 Å². The van der Waals surface area contributed by atoms with E-state index in [4.69, 9.17) is 4.42 Å². The van der Waals surface area contributed by atoms with Crippen LogP contribution in [0.4, 0.5) is 34.1 Å². The van der Waals surface area contributed by atoms with Gasteiger partial charge in [-0.1, -0.05) is 198 Å². The fourth-order valence-corrected chi connectivity index (χ4v) is 10.7. The van der Waals surface area contributed by atoms with Crippen LogP contribution in [0.15, 0.2) is 223 Å². The topological polar surface area (TPSA) is 19.6 Å². The van der Waals surface area contributed by atoms with Crippen molar-refractivity contribution < 1.29 is 4.42 Å². The number of furan rings is 1. The third kappa shape index (κ3) is 6.64. The van der Waals surface area contributed by atoms with Crippen LogP contribution < -0.4 is 9.80 Å². The Morgan fingerprint density at radius 3 is 1.33 bits per heavy atom. The van der Waals surface area contributed by atoms with Crippen LogP contribution in [0.3, 0.4) is 0 Å². The van der Waals surface area contributed by atoms with E-state index in [0.29, 0.717) is 0 Å². The number of fused-ring (bicyclic) bond motifs is 3. The number of nitrogens with zero attached hydrogens (tertiary/aromatic N) is 2. The lowest BCUT2D eigenvalue weighted by Gasteiger charge is -2.32. The highest BCUT2D eigenvalue weighted by Crippen LogP contribution is 2.53. The first kappa shape index (κ1) is 40.4. The van der Waals surface area contributed by atoms with E-state index >= 15 is 0 Å². The zero-order valence-electron chi connectivity index (χ0n) is 38.2. The average Bonchev–Trinajstić information content (AvgIpc) is 3.77. The maximum atomic E-state index is 6.92. The molecule has 11 aromatic carbocycles. The number of hydrogen-bond donors (Lipinski definition) is 0. The highest BCUT2D eigenvalue weighted by Gasteiger charge is 2.29. The molecule has 67 heavy (non-hydrogen) atoms. The van der Waals surface area contributed by atoms with Gasteiger partial charge in [-0.05, 0) is 104 Å². The molecule has 3 heteroatoms. The van der Waals surface area contributed by atoms with E-state index in [1.54, 1.807) is 0 Å². The standard InChI is InChI=1S/C64H50N2O/c1-41(2)54-39-59(65(45-25-12-7-13-26-45)56-31-17-14-27-46(56)43-21-8-5-9-22-43)52-37-35-50-55(42(3)4)40-60(53-38-36-49(54)62(52)63(50)53)66(57-32-18-15-28-47(57)44-23-10-6-11-24-44)58-33-20-30-51-48-29-16-19-34-61(48)67-64(51)58/h5-42H,1-4H3. The van der Waals surface area contributed by atoms with Crippen molar-refractivity contribution in [2.75, 3.05) is 9.80 Å². The molecular weight excluding hydrogens is 813 g/mol. The van der Waals surface area contributed by atoms with Crippen molar-refractivity contribution in [1.82, 2.24) is 0 Å². The van der Waals surface area contributed by atoms with E-state index in [2.05, 4.69) is 256 Å². The molecule has 0 bridgehead atoms. The largest absolute Gasteiger partial charge is 0.454 e. The third-order valence-corrected chi connectivity index (χ3v) is 13.7. The van der Waals surface area contributed by atoms with Gasteiger partial charge in [-0.2, -0.15) is 0 Å². The second-order valence-corrected chi connectivity index (χ2v) is 18.4. The van der Waals surface area contributed by atoms with Gasteiger partial charge in [-0.15, -0.1) is 0 Å². The van der Waals surface area contributed by atoms with E-state index in [1.807, 2.05) is 0 Å². The SMILES string of the molecule is CC(C)c1cc(N(c2ccccc2)c2ccccc2-c2ccccc2)c2ccc3c(C(C)C)cc(N(c4ccccc4-c4ccccc4)c4cccc5c4oc4ccccc45)c4ccc1c2c34. The Hall–Kier alpha value is -8.14. The van der Waals surface area contributed by atoms with Crippen molar-refractivity contribution >= 4 is 88.4 Å². The Morgan fingerprint density at radius 1 is 0.328 bits per heavy atom. The molecule has 0 radical (unpaired) electrons. The maximum Gasteiger partial charge on any atom is 0.159 e. The zero-order chi connectivity index (χ0) is 45.2. The number of benzene rings is 11. The lowest BCUT2D eigenvalue weighted by molar-refractivity contribution is 0.669. The van der Waals surface area contributed by atoms with Gasteiger partial charge in [-0.25, -0.2) is 0 Å². The molecule has 1 heterocycles. The van der Waals surface area contributed by atoms with E-state index in [0.717, 1.165) is 67.2 Å². The highest BCUT2D eigenvalue weighted by atomic mass is 16.3. The van der Waals surface area contributed by atoms with Crippen molar-refractivity contribution in [3.05, 3.63) is 230 Å². The van der Waals surface area contributed by atoms with E-state index in [9.17, 15) is 0 Å². The molecule has 3 nitrogen and oxygen atoms in total. The molecule has 0 aliphatic heterocycles. The summed E-state index contributed by atoms with van der Waals surface area (Å²) >= 11 is 0. The number of hydrogen-bond acceptors (Lipinski definition) is 3. The summed E-state index contributed by atoms with van der Waals surface area (Å²) in [5.74, 6) is 0.494. The lowest BCUT2D eigenvalue weighted by Crippen LogP contribution is -2.14. The molecule has 0 fully saturated rings. The minimum absolute atomic E-state index is 0.235. The summed E-state index contributed by atoms with van der Waals surface area (Å²) in [7, 11) is 0. The van der Waals surface area contributed by atoms with E-state index in [-0.39, 0.29) is 11.8 Å². The van der Waals surface area contributed by atoms with Crippen LogP contribution in [-0.2, 0) is 0 Å². The van der Waals surface area contributed by atoms with Gasteiger partial charge in [0.2, 0.25) is 0 Å². The number of para-hydroxylation sites is 5. The predicted molar refractivity (Wildman–Crippen MR) is 286 cm³/mol. The first-order valence-corrected chi connectivity index (χ1v) is 23.6. The van der Waals surface area contributed by atoms with Crippen LogP contribution in [0.2, 0.25) is 0 Å². The molecular formula is C64H50N2O. The minimum Gasteiger partial charge on any atom is -0.454 e. The molecule has 0 spiro atoms. The molecule has 12 rings (SSSR count). The van der Waals surface area contributed by atoms with Crippen LogP contribution in [0.25, 0.3) is 76.5 Å². The molecule has 0 unspecified atom stereocenters. The van der Waals surface area contributed by atoms with Crippen molar-refractivity contribution in [3.8, 4) is 22.3 Å².